The predicted molar refractivity (Wildman–Crippen MR) is 82.2 cm³/mol. The number of carbonyl (C=O) groups is 2. The van der Waals surface area contributed by atoms with Crippen LogP contribution in [0.15, 0.2) is 48.8 Å². The van der Waals surface area contributed by atoms with Crippen LogP contribution in [0.3, 0.4) is 0 Å². The molecule has 0 aliphatic heterocycles. The second-order valence-electron chi connectivity index (χ2n) is 4.61. The first-order valence-electron chi connectivity index (χ1n) is 6.53. The van der Waals surface area contributed by atoms with Crippen molar-refractivity contribution >= 4 is 34.4 Å². The maximum atomic E-state index is 12.0. The highest BCUT2D eigenvalue weighted by Gasteiger charge is 2.14. The van der Waals surface area contributed by atoms with Crippen LogP contribution < -0.4 is 0 Å². The topological polar surface area (TPSA) is 72.1 Å². The number of halogens is 1. The maximum absolute atomic E-state index is 12.0. The number of fused-ring (bicyclic) bond motifs is 1. The van der Waals surface area contributed by atoms with Gasteiger partial charge in [-0.25, -0.2) is 9.78 Å². The molecule has 0 unspecified atom stereocenters. The molecular weight excluding hydrogens is 304 g/mol. The van der Waals surface area contributed by atoms with E-state index in [2.05, 4.69) is 9.97 Å². The van der Waals surface area contributed by atoms with Crippen molar-refractivity contribution in [1.29, 1.82) is 0 Å². The number of aromatic nitrogens is 2. The predicted octanol–water partition coefficient (Wildman–Crippen LogP) is 3.26. The van der Waals surface area contributed by atoms with Gasteiger partial charge in [-0.2, -0.15) is 0 Å². The van der Waals surface area contributed by atoms with Crippen LogP contribution in [-0.4, -0.2) is 28.3 Å². The van der Waals surface area contributed by atoms with E-state index in [9.17, 15) is 9.59 Å². The highest BCUT2D eigenvalue weighted by Crippen LogP contribution is 2.16. The smallest absolute Gasteiger partial charge is 0.338 e. The number of hydrogen-bond donors (Lipinski definition) is 1. The zero-order chi connectivity index (χ0) is 15.5. The van der Waals surface area contributed by atoms with E-state index in [1.54, 1.807) is 48.8 Å². The van der Waals surface area contributed by atoms with Gasteiger partial charge in [0, 0.05) is 5.56 Å². The third kappa shape index (κ3) is 2.84. The molecule has 0 aliphatic carbocycles. The normalized spacial score (nSPS) is 10.6. The zero-order valence-electron chi connectivity index (χ0n) is 11.4. The van der Waals surface area contributed by atoms with E-state index in [1.165, 1.54) is 0 Å². The monoisotopic (exact) mass is 314 g/mol. The van der Waals surface area contributed by atoms with Gasteiger partial charge in [0.05, 0.1) is 27.9 Å². The van der Waals surface area contributed by atoms with Crippen LogP contribution in [0.4, 0.5) is 0 Å². The minimum Gasteiger partial charge on any atom is -0.454 e. The molecule has 1 N–H and O–H groups in total. The number of nitrogens with zero attached hydrogens (tertiary/aromatic N) is 1. The average Bonchev–Trinajstić information content (AvgIpc) is 3.00. The molecule has 0 saturated heterocycles. The van der Waals surface area contributed by atoms with E-state index < -0.39 is 5.97 Å². The number of H-pyrrole nitrogens is 1. The standard InChI is InChI=1S/C16H11ClN2O3/c17-12-4-2-1-3-11(12)15(20)8-22-16(21)10-5-6-13-14(7-10)19-9-18-13/h1-7,9H,8H2,(H,18,19). The molecule has 110 valence electrons. The van der Waals surface area contributed by atoms with E-state index in [-0.39, 0.29) is 12.4 Å². The number of imidazole rings is 1. The highest BCUT2D eigenvalue weighted by molar-refractivity contribution is 6.34. The molecule has 0 fully saturated rings. The minimum atomic E-state index is -0.572. The Morgan fingerprint density at radius 2 is 2.00 bits per heavy atom. The molecule has 6 heteroatoms. The summed E-state index contributed by atoms with van der Waals surface area (Å²) in [4.78, 5) is 31.0. The van der Waals surface area contributed by atoms with Crippen molar-refractivity contribution in [1.82, 2.24) is 9.97 Å². The summed E-state index contributed by atoms with van der Waals surface area (Å²) in [6.07, 6.45) is 1.54. The summed E-state index contributed by atoms with van der Waals surface area (Å²) in [5.74, 6) is -0.918. The summed E-state index contributed by atoms with van der Waals surface area (Å²) in [5, 5.41) is 0.336. The number of carbonyl (C=O) groups excluding carboxylic acids is 2. The third-order valence-electron chi connectivity index (χ3n) is 3.16. The number of benzene rings is 2. The first kappa shape index (κ1) is 14.3. The van der Waals surface area contributed by atoms with Gasteiger partial charge in [-0.3, -0.25) is 4.79 Å². The third-order valence-corrected chi connectivity index (χ3v) is 3.49. The second kappa shape index (κ2) is 5.99. The van der Waals surface area contributed by atoms with E-state index >= 15 is 0 Å². The molecule has 3 aromatic rings. The number of rotatable bonds is 4. The van der Waals surface area contributed by atoms with Gasteiger partial charge in [-0.15, -0.1) is 0 Å². The fourth-order valence-corrected chi connectivity index (χ4v) is 2.28. The first-order valence-corrected chi connectivity index (χ1v) is 6.91. The Morgan fingerprint density at radius 3 is 2.82 bits per heavy atom. The van der Waals surface area contributed by atoms with E-state index in [1.807, 2.05) is 0 Å². The van der Waals surface area contributed by atoms with Crippen LogP contribution in [-0.2, 0) is 4.74 Å². The lowest BCUT2D eigenvalue weighted by Gasteiger charge is -2.05. The Balaban J connectivity index is 1.69. The zero-order valence-corrected chi connectivity index (χ0v) is 12.1. The molecule has 0 aliphatic rings. The summed E-state index contributed by atoms with van der Waals surface area (Å²) in [6, 6.07) is 11.6. The molecule has 0 atom stereocenters. The fraction of sp³-hybridized carbons (Fsp3) is 0.0625. The van der Waals surface area contributed by atoms with Crippen molar-refractivity contribution in [3.05, 3.63) is 64.9 Å². The number of Topliss-reactive ketones (excluding diaryl/α,β-unsaturated/α-hetero) is 1. The van der Waals surface area contributed by atoms with Gasteiger partial charge < -0.3 is 9.72 Å². The summed E-state index contributed by atoms with van der Waals surface area (Å²) in [5.41, 5.74) is 2.17. The molecule has 0 radical (unpaired) electrons. The number of nitrogens with one attached hydrogen (secondary N) is 1. The van der Waals surface area contributed by atoms with Gasteiger partial charge in [-0.1, -0.05) is 23.7 Å². The lowest BCUT2D eigenvalue weighted by Crippen LogP contribution is -2.14. The van der Waals surface area contributed by atoms with Gasteiger partial charge in [-0.05, 0) is 30.3 Å². The fourth-order valence-electron chi connectivity index (χ4n) is 2.04. The van der Waals surface area contributed by atoms with Crippen LogP contribution in [0.2, 0.25) is 5.02 Å². The van der Waals surface area contributed by atoms with Crippen molar-refractivity contribution in [3.63, 3.8) is 0 Å². The number of ketones is 1. The SMILES string of the molecule is O=C(OCC(=O)c1ccccc1Cl)c1ccc2nc[nH]c2c1. The number of esters is 1. The summed E-state index contributed by atoms with van der Waals surface area (Å²) < 4.78 is 5.04. The van der Waals surface area contributed by atoms with Gasteiger partial charge >= 0.3 is 5.97 Å². The maximum Gasteiger partial charge on any atom is 0.338 e. The van der Waals surface area contributed by atoms with Crippen LogP contribution in [0, 0.1) is 0 Å². The molecule has 22 heavy (non-hydrogen) atoms. The Morgan fingerprint density at radius 1 is 1.18 bits per heavy atom. The highest BCUT2D eigenvalue weighted by atomic mass is 35.5. The van der Waals surface area contributed by atoms with Gasteiger partial charge in [0.15, 0.2) is 6.61 Å². The molecule has 0 amide bonds. The number of hydrogen-bond acceptors (Lipinski definition) is 4. The molecule has 0 saturated carbocycles. The molecule has 5 nitrogen and oxygen atoms in total. The van der Waals surface area contributed by atoms with E-state index in [0.717, 1.165) is 11.0 Å². The Kier molecular flexibility index (Phi) is 3.89. The van der Waals surface area contributed by atoms with Crippen LogP contribution in [0.25, 0.3) is 11.0 Å². The van der Waals surface area contributed by atoms with E-state index in [4.69, 9.17) is 16.3 Å². The van der Waals surface area contributed by atoms with Crippen molar-refractivity contribution < 1.29 is 14.3 Å². The first-order chi connectivity index (χ1) is 10.6. The largest absolute Gasteiger partial charge is 0.454 e. The molecule has 3 rings (SSSR count). The van der Waals surface area contributed by atoms with Gasteiger partial charge in [0.25, 0.3) is 0 Å². The molecular formula is C16H11ClN2O3. The Bertz CT molecular complexity index is 857. The lowest BCUT2D eigenvalue weighted by molar-refractivity contribution is 0.0475. The van der Waals surface area contributed by atoms with Crippen LogP contribution in [0.1, 0.15) is 20.7 Å². The quantitative estimate of drug-likeness (QED) is 0.592. The van der Waals surface area contributed by atoms with Crippen LogP contribution >= 0.6 is 11.6 Å². The number of aromatic amines is 1. The van der Waals surface area contributed by atoms with Crippen molar-refractivity contribution in [3.8, 4) is 0 Å². The van der Waals surface area contributed by atoms with Gasteiger partial charge in [0.1, 0.15) is 0 Å². The molecule has 0 bridgehead atoms. The van der Waals surface area contributed by atoms with E-state index in [0.29, 0.717) is 16.1 Å². The molecule has 0 spiro atoms. The summed E-state index contributed by atoms with van der Waals surface area (Å²) in [7, 11) is 0. The van der Waals surface area contributed by atoms with Crippen molar-refractivity contribution in [2.45, 2.75) is 0 Å². The van der Waals surface area contributed by atoms with Crippen LogP contribution in [0.5, 0.6) is 0 Å². The summed E-state index contributed by atoms with van der Waals surface area (Å²) in [6.45, 7) is -0.358. The van der Waals surface area contributed by atoms with Crippen molar-refractivity contribution in [2.75, 3.05) is 6.61 Å². The number of ether oxygens (including phenoxy) is 1. The van der Waals surface area contributed by atoms with Gasteiger partial charge in [0.2, 0.25) is 5.78 Å². The molecule has 2 aromatic carbocycles. The molecule has 1 heterocycles. The summed E-state index contributed by atoms with van der Waals surface area (Å²) >= 11 is 5.93. The molecule has 1 aromatic heterocycles. The Labute approximate surface area is 130 Å². The average molecular weight is 315 g/mol. The second-order valence-corrected chi connectivity index (χ2v) is 5.02. The minimum absolute atomic E-state index is 0.334. The van der Waals surface area contributed by atoms with Crippen molar-refractivity contribution in [2.24, 2.45) is 0 Å². The lowest BCUT2D eigenvalue weighted by atomic mass is 10.1. The Hall–Kier alpha value is -2.66.